The number of nitro benzene ring substituents is 1. The predicted molar refractivity (Wildman–Crippen MR) is 85.0 cm³/mol. The van der Waals surface area contributed by atoms with E-state index in [1.807, 2.05) is 13.0 Å². The van der Waals surface area contributed by atoms with Crippen LogP contribution in [0.15, 0.2) is 18.2 Å². The van der Waals surface area contributed by atoms with Gasteiger partial charge >= 0.3 is 0 Å². The summed E-state index contributed by atoms with van der Waals surface area (Å²) in [4.78, 5) is 30.4. The van der Waals surface area contributed by atoms with Crippen molar-refractivity contribution >= 4 is 17.3 Å². The summed E-state index contributed by atoms with van der Waals surface area (Å²) in [5, 5.41) is 11.0. The highest BCUT2D eigenvalue weighted by atomic mass is 16.6. The lowest BCUT2D eigenvalue weighted by molar-refractivity contribution is -0.384. The predicted octanol–water partition coefficient (Wildman–Crippen LogP) is 2.19. The number of fused-ring (bicyclic) bond motifs is 3. The Hall–Kier alpha value is -2.15. The number of hydroxylamine groups is 1. The molecular formula is C16H21N3O4. The molecule has 1 aromatic carbocycles. The summed E-state index contributed by atoms with van der Waals surface area (Å²) in [6, 6.07) is 5.10. The van der Waals surface area contributed by atoms with Crippen molar-refractivity contribution in [3.63, 3.8) is 0 Å². The van der Waals surface area contributed by atoms with Gasteiger partial charge in [-0.2, -0.15) is 0 Å². The number of piperidine rings is 1. The molecule has 0 aromatic heterocycles. The molecule has 0 bridgehead atoms. The van der Waals surface area contributed by atoms with Crippen LogP contribution in [-0.2, 0) is 16.1 Å². The van der Waals surface area contributed by atoms with Gasteiger partial charge in [0.15, 0.2) is 0 Å². The average Bonchev–Trinajstić information content (AvgIpc) is 2.58. The Bertz CT molecular complexity index is 619. The first-order chi connectivity index (χ1) is 11.1. The van der Waals surface area contributed by atoms with Crippen LogP contribution < -0.4 is 10.4 Å². The second-order valence-electron chi connectivity index (χ2n) is 6.04. The van der Waals surface area contributed by atoms with Crippen LogP contribution in [0.3, 0.4) is 0 Å². The van der Waals surface area contributed by atoms with Crippen molar-refractivity contribution in [2.24, 2.45) is 5.92 Å². The molecule has 1 aromatic rings. The van der Waals surface area contributed by atoms with E-state index < -0.39 is 4.92 Å². The highest BCUT2D eigenvalue weighted by molar-refractivity contribution is 5.81. The van der Waals surface area contributed by atoms with E-state index in [1.54, 1.807) is 12.1 Å². The van der Waals surface area contributed by atoms with Crippen LogP contribution in [-0.4, -0.2) is 30.0 Å². The standard InChI is InChI=1S/C16H21N3O4/c1-2-23-17-16(20)13-10-11-9-12(19(21)22)6-7-14(11)18-8-4-3-5-15(13)18/h6-7,9,13,15H,2-5,8,10H2,1H3,(H,17,20). The third-order valence-electron chi connectivity index (χ3n) is 4.69. The molecule has 7 heteroatoms. The molecule has 0 aliphatic carbocycles. The van der Waals surface area contributed by atoms with Crippen molar-refractivity contribution in [2.75, 3.05) is 18.1 Å². The number of rotatable bonds is 4. The third-order valence-corrected chi connectivity index (χ3v) is 4.69. The molecule has 0 saturated carbocycles. The van der Waals surface area contributed by atoms with Crippen molar-refractivity contribution in [1.29, 1.82) is 0 Å². The lowest BCUT2D eigenvalue weighted by Gasteiger charge is -2.45. The number of benzene rings is 1. The molecule has 2 aliphatic heterocycles. The normalized spacial score (nSPS) is 22.9. The van der Waals surface area contributed by atoms with Crippen LogP contribution in [0.1, 0.15) is 31.7 Å². The number of anilines is 1. The first-order valence-electron chi connectivity index (χ1n) is 8.07. The first-order valence-corrected chi connectivity index (χ1v) is 8.07. The van der Waals surface area contributed by atoms with Crippen molar-refractivity contribution in [2.45, 2.75) is 38.6 Å². The topological polar surface area (TPSA) is 84.7 Å². The highest BCUT2D eigenvalue weighted by Crippen LogP contribution is 2.39. The molecule has 23 heavy (non-hydrogen) atoms. The van der Waals surface area contributed by atoms with Crippen LogP contribution in [0, 0.1) is 16.0 Å². The summed E-state index contributed by atoms with van der Waals surface area (Å²) in [7, 11) is 0. The van der Waals surface area contributed by atoms with Gasteiger partial charge in [0.05, 0.1) is 17.4 Å². The smallest absolute Gasteiger partial charge is 0.269 e. The second kappa shape index (κ2) is 6.54. The van der Waals surface area contributed by atoms with Gasteiger partial charge in [0.1, 0.15) is 0 Å². The number of carbonyl (C=O) groups is 1. The summed E-state index contributed by atoms with van der Waals surface area (Å²) < 4.78 is 0. The molecule has 2 atom stereocenters. The van der Waals surface area contributed by atoms with E-state index in [1.165, 1.54) is 0 Å². The van der Waals surface area contributed by atoms with E-state index >= 15 is 0 Å². The van der Waals surface area contributed by atoms with Gasteiger partial charge in [0, 0.05) is 30.4 Å². The number of hydrogen-bond acceptors (Lipinski definition) is 5. The van der Waals surface area contributed by atoms with Gasteiger partial charge in [-0.3, -0.25) is 19.7 Å². The lowest BCUT2D eigenvalue weighted by Crippen LogP contribution is -2.53. The quantitative estimate of drug-likeness (QED) is 0.679. The molecule has 3 rings (SSSR count). The third kappa shape index (κ3) is 3.01. The molecule has 2 aliphatic rings. The van der Waals surface area contributed by atoms with Crippen LogP contribution in [0.2, 0.25) is 0 Å². The molecule has 2 heterocycles. The van der Waals surface area contributed by atoms with Gasteiger partial charge in [-0.05, 0) is 44.2 Å². The van der Waals surface area contributed by atoms with Crippen LogP contribution in [0.25, 0.3) is 0 Å². The monoisotopic (exact) mass is 319 g/mol. The maximum Gasteiger partial charge on any atom is 0.269 e. The molecule has 1 amide bonds. The largest absolute Gasteiger partial charge is 0.368 e. The number of amides is 1. The van der Waals surface area contributed by atoms with Gasteiger partial charge in [-0.15, -0.1) is 0 Å². The SMILES string of the molecule is CCONC(=O)C1Cc2cc([N+](=O)[O-])ccc2N2CCCCC12. The van der Waals surface area contributed by atoms with E-state index in [0.717, 1.165) is 37.1 Å². The Labute approximate surface area is 134 Å². The minimum Gasteiger partial charge on any atom is -0.368 e. The lowest BCUT2D eigenvalue weighted by atomic mass is 9.80. The minimum atomic E-state index is -0.391. The summed E-state index contributed by atoms with van der Waals surface area (Å²) in [5.41, 5.74) is 4.47. The molecule has 1 N–H and O–H groups in total. The number of nitro groups is 1. The Morgan fingerprint density at radius 1 is 1.48 bits per heavy atom. The van der Waals surface area contributed by atoms with Crippen LogP contribution >= 0.6 is 0 Å². The Kier molecular flexibility index (Phi) is 4.47. The second-order valence-corrected chi connectivity index (χ2v) is 6.04. The average molecular weight is 319 g/mol. The fourth-order valence-electron chi connectivity index (χ4n) is 3.66. The van der Waals surface area contributed by atoms with Gasteiger partial charge in [0.25, 0.3) is 5.69 Å². The molecule has 0 spiro atoms. The fourth-order valence-corrected chi connectivity index (χ4v) is 3.66. The first kappa shape index (κ1) is 15.7. The number of non-ortho nitro benzene ring substituents is 1. The van der Waals surface area contributed by atoms with E-state index in [-0.39, 0.29) is 23.6 Å². The zero-order valence-corrected chi connectivity index (χ0v) is 13.2. The summed E-state index contributed by atoms with van der Waals surface area (Å²) in [6.07, 6.45) is 3.65. The molecule has 124 valence electrons. The van der Waals surface area contributed by atoms with Gasteiger partial charge < -0.3 is 4.90 Å². The number of nitrogens with one attached hydrogen (secondary N) is 1. The minimum absolute atomic E-state index is 0.0724. The summed E-state index contributed by atoms with van der Waals surface area (Å²) in [5.74, 6) is -0.378. The van der Waals surface area contributed by atoms with Crippen LogP contribution in [0.4, 0.5) is 11.4 Å². The summed E-state index contributed by atoms with van der Waals surface area (Å²) >= 11 is 0. The molecule has 1 fully saturated rings. The fraction of sp³-hybridized carbons (Fsp3) is 0.562. The highest BCUT2D eigenvalue weighted by Gasteiger charge is 2.40. The molecule has 2 unspecified atom stereocenters. The molecule has 1 saturated heterocycles. The van der Waals surface area contributed by atoms with E-state index in [9.17, 15) is 14.9 Å². The number of carbonyl (C=O) groups excluding carboxylic acids is 1. The van der Waals surface area contributed by atoms with E-state index in [4.69, 9.17) is 4.84 Å². The van der Waals surface area contributed by atoms with Gasteiger partial charge in [-0.25, -0.2) is 5.48 Å². The summed E-state index contributed by atoms with van der Waals surface area (Å²) in [6.45, 7) is 3.11. The zero-order valence-electron chi connectivity index (χ0n) is 13.2. The van der Waals surface area contributed by atoms with Gasteiger partial charge in [-0.1, -0.05) is 0 Å². The van der Waals surface area contributed by atoms with E-state index in [0.29, 0.717) is 13.0 Å². The van der Waals surface area contributed by atoms with Gasteiger partial charge in [0.2, 0.25) is 5.91 Å². The van der Waals surface area contributed by atoms with Crippen LogP contribution in [0.5, 0.6) is 0 Å². The zero-order chi connectivity index (χ0) is 16.4. The van der Waals surface area contributed by atoms with Crippen molar-refractivity contribution < 1.29 is 14.6 Å². The van der Waals surface area contributed by atoms with Crippen molar-refractivity contribution in [3.8, 4) is 0 Å². The van der Waals surface area contributed by atoms with E-state index in [2.05, 4.69) is 10.4 Å². The Morgan fingerprint density at radius 3 is 3.04 bits per heavy atom. The Balaban J connectivity index is 1.93. The Morgan fingerprint density at radius 2 is 2.30 bits per heavy atom. The maximum atomic E-state index is 12.4. The molecular weight excluding hydrogens is 298 g/mol. The number of nitrogens with zero attached hydrogens (tertiary/aromatic N) is 2. The number of hydrogen-bond donors (Lipinski definition) is 1. The van der Waals surface area contributed by atoms with Crippen molar-refractivity contribution in [1.82, 2.24) is 5.48 Å². The maximum absolute atomic E-state index is 12.4. The molecule has 0 radical (unpaired) electrons. The van der Waals surface area contributed by atoms with Crippen molar-refractivity contribution in [3.05, 3.63) is 33.9 Å². The molecule has 7 nitrogen and oxygen atoms in total.